The van der Waals surface area contributed by atoms with Crippen molar-refractivity contribution in [1.29, 1.82) is 0 Å². The van der Waals surface area contributed by atoms with E-state index in [0.29, 0.717) is 11.1 Å². The zero-order valence-electron chi connectivity index (χ0n) is 13.1. The smallest absolute Gasteiger partial charge is 0.251 e. The Morgan fingerprint density at radius 3 is 2.42 bits per heavy atom. The van der Waals surface area contributed by atoms with Crippen LogP contribution in [0.4, 0.5) is 14.5 Å². The molecule has 2 aromatic carbocycles. The molecular formula is C18H16F2N2O2. The molecule has 0 fully saturated rings. The predicted molar refractivity (Wildman–Crippen MR) is 87.6 cm³/mol. The minimum absolute atomic E-state index is 0.0403. The summed E-state index contributed by atoms with van der Waals surface area (Å²) in [5.41, 5.74) is 1.13. The van der Waals surface area contributed by atoms with Crippen LogP contribution in [-0.4, -0.2) is 18.9 Å². The normalized spacial score (nSPS) is 10.1. The maximum Gasteiger partial charge on any atom is 0.251 e. The molecule has 0 unspecified atom stereocenters. The molecule has 0 atom stereocenters. The van der Waals surface area contributed by atoms with Crippen molar-refractivity contribution in [3.63, 3.8) is 0 Å². The van der Waals surface area contributed by atoms with Crippen LogP contribution in [0.3, 0.4) is 0 Å². The van der Waals surface area contributed by atoms with Gasteiger partial charge in [0.1, 0.15) is 11.6 Å². The van der Waals surface area contributed by atoms with Crippen molar-refractivity contribution in [2.75, 3.05) is 11.9 Å². The monoisotopic (exact) mass is 330 g/mol. The first kappa shape index (κ1) is 17.3. The van der Waals surface area contributed by atoms with Crippen molar-refractivity contribution >= 4 is 17.5 Å². The zero-order valence-corrected chi connectivity index (χ0v) is 13.1. The average Bonchev–Trinajstić information content (AvgIpc) is 2.57. The number of carbonyl (C=O) groups is 2. The molecule has 0 aliphatic carbocycles. The van der Waals surface area contributed by atoms with Gasteiger partial charge in [-0.3, -0.25) is 9.59 Å². The minimum Gasteiger partial charge on any atom is -0.355 e. The molecule has 0 aliphatic rings. The number of benzene rings is 2. The Balaban J connectivity index is 2.38. The summed E-state index contributed by atoms with van der Waals surface area (Å²) in [5.74, 6) is -2.35. The second-order valence-corrected chi connectivity index (χ2v) is 5.04. The summed E-state index contributed by atoms with van der Waals surface area (Å²) >= 11 is 0. The molecule has 124 valence electrons. The molecule has 0 saturated heterocycles. The number of hydrogen-bond donors (Lipinski definition) is 1. The molecule has 2 amide bonds. The lowest BCUT2D eigenvalue weighted by molar-refractivity contribution is -0.114. The van der Waals surface area contributed by atoms with Crippen LogP contribution in [0.2, 0.25) is 0 Å². The maximum absolute atomic E-state index is 13.5. The highest BCUT2D eigenvalue weighted by molar-refractivity contribution is 6.01. The predicted octanol–water partition coefficient (Wildman–Crippen LogP) is 3.04. The molecule has 2 rings (SSSR count). The van der Waals surface area contributed by atoms with Crippen molar-refractivity contribution in [1.82, 2.24) is 5.32 Å². The molecule has 0 aliphatic heterocycles. The summed E-state index contributed by atoms with van der Waals surface area (Å²) in [6.07, 6.45) is 1.06. The number of nitrogens with one attached hydrogen (secondary N) is 1. The molecule has 24 heavy (non-hydrogen) atoms. The fourth-order valence-electron chi connectivity index (χ4n) is 2.24. The molecule has 1 N–H and O–H groups in total. The fraction of sp³-hybridized carbons (Fsp3) is 0.111. The van der Waals surface area contributed by atoms with Gasteiger partial charge in [0.15, 0.2) is 0 Å². The average molecular weight is 330 g/mol. The van der Waals surface area contributed by atoms with E-state index in [1.807, 2.05) is 0 Å². The van der Waals surface area contributed by atoms with Gasteiger partial charge in [0.2, 0.25) is 0 Å². The summed E-state index contributed by atoms with van der Waals surface area (Å²) < 4.78 is 26.9. The van der Waals surface area contributed by atoms with E-state index < -0.39 is 17.5 Å². The molecule has 4 nitrogen and oxygen atoms in total. The van der Waals surface area contributed by atoms with Crippen LogP contribution in [0, 0.1) is 11.6 Å². The van der Waals surface area contributed by atoms with Gasteiger partial charge in [-0.15, -0.1) is 0 Å². The summed E-state index contributed by atoms with van der Waals surface area (Å²) in [7, 11) is 1.51. The molecule has 0 radical (unpaired) electrons. The summed E-state index contributed by atoms with van der Waals surface area (Å²) in [5, 5.41) is 2.51. The molecule has 0 bridgehead atoms. The van der Waals surface area contributed by atoms with Gasteiger partial charge in [-0.1, -0.05) is 18.7 Å². The number of hydrogen-bond acceptors (Lipinski definition) is 2. The summed E-state index contributed by atoms with van der Waals surface area (Å²) in [6, 6.07) is 9.47. The topological polar surface area (TPSA) is 49.4 Å². The van der Waals surface area contributed by atoms with Gasteiger partial charge in [0.05, 0.1) is 12.2 Å². The zero-order chi connectivity index (χ0) is 17.7. The standard InChI is InChI=1S/C18H16F2N2O2/c1-3-17(23)22(16-9-14(19)8-15(20)10-16)11-12-5-4-6-13(7-12)18(24)21-2/h3-10H,1,11H2,2H3,(H,21,24). The lowest BCUT2D eigenvalue weighted by Crippen LogP contribution is -2.29. The van der Waals surface area contributed by atoms with Crippen LogP contribution in [0.15, 0.2) is 55.1 Å². The molecule has 0 heterocycles. The van der Waals surface area contributed by atoms with Gasteiger partial charge in [-0.05, 0) is 35.9 Å². The van der Waals surface area contributed by atoms with Gasteiger partial charge in [0, 0.05) is 18.7 Å². The third-order valence-electron chi connectivity index (χ3n) is 3.36. The number of rotatable bonds is 5. The lowest BCUT2D eigenvalue weighted by atomic mass is 10.1. The van der Waals surface area contributed by atoms with E-state index in [1.54, 1.807) is 24.3 Å². The number of anilines is 1. The Hall–Kier alpha value is -3.02. The van der Waals surface area contributed by atoms with Gasteiger partial charge >= 0.3 is 0 Å². The van der Waals surface area contributed by atoms with Gasteiger partial charge in [-0.25, -0.2) is 8.78 Å². The van der Waals surface area contributed by atoms with E-state index in [4.69, 9.17) is 0 Å². The third-order valence-corrected chi connectivity index (χ3v) is 3.36. The van der Waals surface area contributed by atoms with Crippen molar-refractivity contribution in [2.45, 2.75) is 6.54 Å². The van der Waals surface area contributed by atoms with E-state index in [0.717, 1.165) is 24.3 Å². The number of carbonyl (C=O) groups excluding carboxylic acids is 2. The van der Waals surface area contributed by atoms with Gasteiger partial charge in [-0.2, -0.15) is 0 Å². The first-order chi connectivity index (χ1) is 11.4. The third kappa shape index (κ3) is 4.04. The Morgan fingerprint density at radius 2 is 1.83 bits per heavy atom. The Labute approximate surface area is 138 Å². The second-order valence-electron chi connectivity index (χ2n) is 5.04. The Kier molecular flexibility index (Phi) is 5.42. The van der Waals surface area contributed by atoms with Crippen molar-refractivity contribution in [3.05, 3.63) is 77.9 Å². The van der Waals surface area contributed by atoms with Crippen LogP contribution in [-0.2, 0) is 11.3 Å². The number of amides is 2. The molecule has 2 aromatic rings. The highest BCUT2D eigenvalue weighted by atomic mass is 19.1. The van der Waals surface area contributed by atoms with Crippen molar-refractivity contribution in [2.24, 2.45) is 0 Å². The SMILES string of the molecule is C=CC(=O)N(Cc1cccc(C(=O)NC)c1)c1cc(F)cc(F)c1. The van der Waals surface area contributed by atoms with E-state index >= 15 is 0 Å². The van der Waals surface area contributed by atoms with Crippen LogP contribution < -0.4 is 10.2 Å². The number of halogens is 2. The Bertz CT molecular complexity index is 770. The highest BCUT2D eigenvalue weighted by Crippen LogP contribution is 2.21. The molecule has 0 saturated carbocycles. The maximum atomic E-state index is 13.5. The first-order valence-electron chi connectivity index (χ1n) is 7.15. The van der Waals surface area contributed by atoms with Crippen LogP contribution in [0.25, 0.3) is 0 Å². The van der Waals surface area contributed by atoms with E-state index in [1.165, 1.54) is 11.9 Å². The number of nitrogens with zero attached hydrogens (tertiary/aromatic N) is 1. The van der Waals surface area contributed by atoms with Crippen LogP contribution in [0.5, 0.6) is 0 Å². The largest absolute Gasteiger partial charge is 0.355 e. The van der Waals surface area contributed by atoms with Crippen LogP contribution >= 0.6 is 0 Å². The van der Waals surface area contributed by atoms with Gasteiger partial charge < -0.3 is 10.2 Å². The second kappa shape index (κ2) is 7.50. The minimum atomic E-state index is -0.786. The fourth-order valence-corrected chi connectivity index (χ4v) is 2.24. The summed E-state index contributed by atoms with van der Waals surface area (Å²) in [6.45, 7) is 3.45. The van der Waals surface area contributed by atoms with E-state index in [-0.39, 0.29) is 18.1 Å². The lowest BCUT2D eigenvalue weighted by Gasteiger charge is -2.22. The van der Waals surface area contributed by atoms with Crippen LogP contribution in [0.1, 0.15) is 15.9 Å². The van der Waals surface area contributed by atoms with Gasteiger partial charge in [0.25, 0.3) is 11.8 Å². The quantitative estimate of drug-likeness (QED) is 0.857. The molecule has 0 aromatic heterocycles. The first-order valence-corrected chi connectivity index (χ1v) is 7.15. The highest BCUT2D eigenvalue weighted by Gasteiger charge is 2.16. The van der Waals surface area contributed by atoms with E-state index in [9.17, 15) is 18.4 Å². The Morgan fingerprint density at radius 1 is 1.17 bits per heavy atom. The van der Waals surface area contributed by atoms with Crippen molar-refractivity contribution in [3.8, 4) is 0 Å². The molecule has 6 heteroatoms. The van der Waals surface area contributed by atoms with Crippen molar-refractivity contribution < 1.29 is 18.4 Å². The summed E-state index contributed by atoms with van der Waals surface area (Å²) in [4.78, 5) is 25.0. The molecule has 0 spiro atoms. The van der Waals surface area contributed by atoms with E-state index in [2.05, 4.69) is 11.9 Å². The molecular weight excluding hydrogens is 314 g/mol.